The van der Waals surface area contributed by atoms with Crippen LogP contribution in [0.2, 0.25) is 0 Å². The van der Waals surface area contributed by atoms with E-state index in [0.717, 1.165) is 35.1 Å². The van der Waals surface area contributed by atoms with E-state index >= 15 is 0 Å². The number of furan rings is 1. The minimum atomic E-state index is -1.07. The van der Waals surface area contributed by atoms with Crippen molar-refractivity contribution in [2.75, 3.05) is 32.1 Å². The summed E-state index contributed by atoms with van der Waals surface area (Å²) >= 11 is 0. The molecule has 0 aliphatic rings. The van der Waals surface area contributed by atoms with Gasteiger partial charge in [-0.05, 0) is 45.9 Å². The third kappa shape index (κ3) is 6.66. The Morgan fingerprint density at radius 3 is 2.57 bits per heavy atom. The highest BCUT2D eigenvalue weighted by atomic mass is 127. The lowest BCUT2D eigenvalue weighted by atomic mass is 9.96. The maximum atomic E-state index is 10.9. The molecule has 28 heavy (non-hydrogen) atoms. The first-order valence-corrected chi connectivity index (χ1v) is 9.18. The van der Waals surface area contributed by atoms with Gasteiger partial charge in [0.2, 0.25) is 0 Å². The molecule has 0 saturated carbocycles. The van der Waals surface area contributed by atoms with Crippen LogP contribution in [0.3, 0.4) is 0 Å². The number of hydrogen-bond donors (Lipinski definition) is 3. The number of anilines is 1. The van der Waals surface area contributed by atoms with Gasteiger partial charge >= 0.3 is 0 Å². The smallest absolute Gasteiger partial charge is 0.191 e. The number of aliphatic hydroxyl groups is 1. The van der Waals surface area contributed by atoms with Gasteiger partial charge in [-0.1, -0.05) is 6.07 Å². The van der Waals surface area contributed by atoms with Gasteiger partial charge in [-0.2, -0.15) is 0 Å². The predicted octanol–water partition coefficient (Wildman–Crippen LogP) is 2.94. The lowest BCUT2D eigenvalue weighted by Gasteiger charge is -2.24. The zero-order valence-electron chi connectivity index (χ0n) is 17.5. The zero-order chi connectivity index (χ0) is 20.0. The van der Waals surface area contributed by atoms with E-state index in [2.05, 4.69) is 20.6 Å². The molecular formula is C20H32IN5O2. The summed E-state index contributed by atoms with van der Waals surface area (Å²) in [5.41, 5.74) is 0.594. The molecule has 0 aliphatic carbocycles. The molecule has 0 fully saturated rings. The Hall–Kier alpha value is -1.81. The highest BCUT2D eigenvalue weighted by Crippen LogP contribution is 2.26. The number of halogens is 1. The highest BCUT2D eigenvalue weighted by molar-refractivity contribution is 14.0. The Bertz CT molecular complexity index is 787. The first-order valence-electron chi connectivity index (χ1n) is 9.18. The summed E-state index contributed by atoms with van der Waals surface area (Å²) in [4.78, 5) is 11.1. The number of nitrogens with zero attached hydrogens (tertiary/aromatic N) is 3. The summed E-state index contributed by atoms with van der Waals surface area (Å²) in [6.07, 6.45) is 0. The van der Waals surface area contributed by atoms with E-state index in [9.17, 15) is 5.11 Å². The molecule has 8 heteroatoms. The minimum absolute atomic E-state index is 0. The monoisotopic (exact) mass is 501 g/mol. The van der Waals surface area contributed by atoms with E-state index < -0.39 is 5.60 Å². The highest BCUT2D eigenvalue weighted by Gasteiger charge is 2.27. The second-order valence-electron chi connectivity index (χ2n) is 7.03. The number of pyridine rings is 1. The Morgan fingerprint density at radius 2 is 2.00 bits per heavy atom. The molecule has 2 aromatic heterocycles. The van der Waals surface area contributed by atoms with E-state index in [1.807, 2.05) is 64.0 Å². The topological polar surface area (TPSA) is 85.9 Å². The summed E-state index contributed by atoms with van der Waals surface area (Å²) < 4.78 is 5.55. The van der Waals surface area contributed by atoms with Crippen molar-refractivity contribution in [3.63, 3.8) is 0 Å². The number of nitrogens with one attached hydrogen (secondary N) is 2. The van der Waals surface area contributed by atoms with E-state index in [1.54, 1.807) is 6.92 Å². The average molecular weight is 501 g/mol. The SMILES string of the molecule is CCNC(=NCc1cccc(N(C)C)n1)NCC(C)(O)c1cc(C)oc1C.I. The summed E-state index contributed by atoms with van der Waals surface area (Å²) in [5.74, 6) is 3.04. The fraction of sp³-hybridized carbons (Fsp3) is 0.500. The Kier molecular flexibility index (Phi) is 9.22. The normalized spacial score (nSPS) is 13.5. The second-order valence-corrected chi connectivity index (χ2v) is 7.03. The van der Waals surface area contributed by atoms with E-state index in [4.69, 9.17) is 4.42 Å². The maximum absolute atomic E-state index is 10.9. The first-order chi connectivity index (χ1) is 12.7. The number of aliphatic imine (C=N–C) groups is 1. The zero-order valence-corrected chi connectivity index (χ0v) is 19.9. The van der Waals surface area contributed by atoms with Crippen LogP contribution in [0.15, 0.2) is 33.7 Å². The van der Waals surface area contributed by atoms with Gasteiger partial charge in [-0.3, -0.25) is 0 Å². The van der Waals surface area contributed by atoms with Gasteiger partial charge in [0.15, 0.2) is 5.96 Å². The number of hydrogen-bond acceptors (Lipinski definition) is 5. The Balaban J connectivity index is 0.00000392. The quantitative estimate of drug-likeness (QED) is 0.308. The Morgan fingerprint density at radius 1 is 1.29 bits per heavy atom. The van der Waals surface area contributed by atoms with Crippen LogP contribution in [0.1, 0.15) is 36.6 Å². The largest absolute Gasteiger partial charge is 0.466 e. The number of guanidine groups is 1. The molecule has 7 nitrogen and oxygen atoms in total. The average Bonchev–Trinajstić information content (AvgIpc) is 2.97. The number of aromatic nitrogens is 1. The first kappa shape index (κ1) is 24.2. The van der Waals surface area contributed by atoms with Gasteiger partial charge in [0, 0.05) is 26.2 Å². The van der Waals surface area contributed by atoms with Crippen molar-refractivity contribution >= 4 is 35.8 Å². The fourth-order valence-electron chi connectivity index (χ4n) is 2.82. The predicted molar refractivity (Wildman–Crippen MR) is 125 cm³/mol. The van der Waals surface area contributed by atoms with Gasteiger partial charge in [-0.25, -0.2) is 9.98 Å². The van der Waals surface area contributed by atoms with Crippen molar-refractivity contribution in [3.05, 3.63) is 47.0 Å². The summed E-state index contributed by atoms with van der Waals surface area (Å²) in [5, 5.41) is 17.3. The van der Waals surface area contributed by atoms with Crippen molar-refractivity contribution in [2.24, 2.45) is 4.99 Å². The maximum Gasteiger partial charge on any atom is 0.191 e. The lowest BCUT2D eigenvalue weighted by molar-refractivity contribution is 0.0601. The van der Waals surface area contributed by atoms with Crippen LogP contribution < -0.4 is 15.5 Å². The molecular weight excluding hydrogens is 469 g/mol. The van der Waals surface area contributed by atoms with Crippen LogP contribution in [-0.4, -0.2) is 43.2 Å². The summed E-state index contributed by atoms with van der Waals surface area (Å²) in [6, 6.07) is 7.76. The molecule has 0 amide bonds. The van der Waals surface area contributed by atoms with Crippen molar-refractivity contribution in [1.82, 2.24) is 15.6 Å². The lowest BCUT2D eigenvalue weighted by Crippen LogP contribution is -2.44. The molecule has 156 valence electrons. The fourth-order valence-corrected chi connectivity index (χ4v) is 2.82. The molecule has 0 bridgehead atoms. The second kappa shape index (κ2) is 10.7. The van der Waals surface area contributed by atoms with Crippen LogP contribution in [0.5, 0.6) is 0 Å². The van der Waals surface area contributed by atoms with Crippen molar-refractivity contribution in [1.29, 1.82) is 0 Å². The van der Waals surface area contributed by atoms with Crippen LogP contribution in [0, 0.1) is 13.8 Å². The van der Waals surface area contributed by atoms with Crippen LogP contribution in [0.4, 0.5) is 5.82 Å². The summed E-state index contributed by atoms with van der Waals surface area (Å²) in [6.45, 7) is 8.99. The van der Waals surface area contributed by atoms with Gasteiger partial charge in [0.1, 0.15) is 22.9 Å². The standard InChI is InChI=1S/C20H31N5O2.HI/c1-7-21-19(22-12-16-9-8-10-18(24-16)25(5)6)23-13-20(4,26)17-11-14(2)27-15(17)3;/h8-11,26H,7,12-13H2,1-6H3,(H2,21,22,23);1H. The van der Waals surface area contributed by atoms with E-state index in [-0.39, 0.29) is 24.0 Å². The molecule has 0 aromatic carbocycles. The summed E-state index contributed by atoms with van der Waals surface area (Å²) in [7, 11) is 3.92. The molecule has 0 spiro atoms. The van der Waals surface area contributed by atoms with Crippen molar-refractivity contribution in [3.8, 4) is 0 Å². The number of rotatable bonds is 7. The Labute approximate surface area is 184 Å². The van der Waals surface area contributed by atoms with Gasteiger partial charge in [0.25, 0.3) is 0 Å². The molecule has 2 aromatic rings. The molecule has 0 aliphatic heterocycles. The van der Waals surface area contributed by atoms with Gasteiger partial charge in [0.05, 0.1) is 18.8 Å². The molecule has 2 rings (SSSR count). The van der Waals surface area contributed by atoms with Crippen LogP contribution >= 0.6 is 24.0 Å². The van der Waals surface area contributed by atoms with E-state index in [0.29, 0.717) is 19.0 Å². The van der Waals surface area contributed by atoms with Crippen LogP contribution in [0.25, 0.3) is 0 Å². The van der Waals surface area contributed by atoms with Crippen molar-refractivity contribution in [2.45, 2.75) is 39.8 Å². The third-order valence-electron chi connectivity index (χ3n) is 4.21. The molecule has 1 atom stereocenters. The molecule has 3 N–H and O–H groups in total. The van der Waals surface area contributed by atoms with Crippen LogP contribution in [-0.2, 0) is 12.1 Å². The molecule has 1 unspecified atom stereocenters. The molecule has 0 saturated heterocycles. The van der Waals surface area contributed by atoms with E-state index in [1.165, 1.54) is 0 Å². The van der Waals surface area contributed by atoms with Crippen molar-refractivity contribution < 1.29 is 9.52 Å². The molecule has 2 heterocycles. The number of aryl methyl sites for hydroxylation is 2. The molecule has 0 radical (unpaired) electrons. The minimum Gasteiger partial charge on any atom is -0.466 e. The third-order valence-corrected chi connectivity index (χ3v) is 4.21. The van der Waals surface area contributed by atoms with Gasteiger partial charge in [-0.15, -0.1) is 24.0 Å². The van der Waals surface area contributed by atoms with Gasteiger partial charge < -0.3 is 25.1 Å².